The molecule has 0 saturated carbocycles. The van der Waals surface area contributed by atoms with Gasteiger partial charge in [-0.1, -0.05) is 19.6 Å². The first-order valence-corrected chi connectivity index (χ1v) is 14.9. The third-order valence-corrected chi connectivity index (χ3v) is 11.0. The number of Topliss-reactive ketones (excluding diaryl/α,β-unsaturated/α-hetero) is 2. The van der Waals surface area contributed by atoms with Gasteiger partial charge < -0.3 is 19.3 Å². The summed E-state index contributed by atoms with van der Waals surface area (Å²) in [6.07, 6.45) is 0.953. The van der Waals surface area contributed by atoms with Gasteiger partial charge in [0.2, 0.25) is 0 Å². The summed E-state index contributed by atoms with van der Waals surface area (Å²) in [6, 6.07) is 1.89. The standard InChI is InChI=1S/C23H24O7SSi/c1-11(24)30-21-13-9-15(32(2,3)4)31-22(13)20(27)16-17(21)18(25)12-5-6-23(28-7-8-29-23)10-14(12)19(16)26/h9,27H,5-8,10H2,1-4H3. The van der Waals surface area contributed by atoms with E-state index in [-0.39, 0.29) is 34.8 Å². The number of rotatable bonds is 2. The number of hydrogen-bond acceptors (Lipinski definition) is 8. The highest BCUT2D eigenvalue weighted by Gasteiger charge is 2.48. The van der Waals surface area contributed by atoms with Crippen LogP contribution in [0, 0.1) is 0 Å². The molecule has 1 spiro atoms. The van der Waals surface area contributed by atoms with Crippen LogP contribution in [-0.4, -0.2) is 49.7 Å². The summed E-state index contributed by atoms with van der Waals surface area (Å²) in [5.41, 5.74) is 0.607. The molecule has 1 aliphatic heterocycles. The number of allylic oxidation sites excluding steroid dienone is 1. The highest BCUT2D eigenvalue weighted by molar-refractivity contribution is 7.31. The van der Waals surface area contributed by atoms with Crippen LogP contribution < -0.4 is 9.24 Å². The Morgan fingerprint density at radius 2 is 1.78 bits per heavy atom. The number of ether oxygens (including phenoxy) is 3. The molecule has 1 fully saturated rings. The number of esters is 1. The van der Waals surface area contributed by atoms with E-state index in [2.05, 4.69) is 19.6 Å². The lowest BCUT2D eigenvalue weighted by molar-refractivity contribution is -0.162. The van der Waals surface area contributed by atoms with E-state index in [0.717, 1.165) is 4.50 Å². The number of ketones is 2. The molecule has 1 aromatic heterocycles. The lowest BCUT2D eigenvalue weighted by atomic mass is 9.74. The molecular formula is C23H24O7SSi. The van der Waals surface area contributed by atoms with Gasteiger partial charge in [0.1, 0.15) is 5.75 Å². The number of fused-ring (bicyclic) bond motifs is 2. The van der Waals surface area contributed by atoms with Gasteiger partial charge in [-0.05, 0) is 17.0 Å². The van der Waals surface area contributed by atoms with Crippen molar-refractivity contribution in [2.24, 2.45) is 0 Å². The zero-order chi connectivity index (χ0) is 23.0. The second-order valence-electron chi connectivity index (χ2n) is 9.52. The van der Waals surface area contributed by atoms with Crippen molar-refractivity contribution >= 4 is 51.5 Å². The molecule has 0 amide bonds. The van der Waals surface area contributed by atoms with Gasteiger partial charge in [-0.25, -0.2) is 0 Å². The molecule has 9 heteroatoms. The first-order chi connectivity index (χ1) is 15.0. The van der Waals surface area contributed by atoms with Crippen LogP contribution in [0.25, 0.3) is 10.1 Å². The van der Waals surface area contributed by atoms with Crippen LogP contribution in [0.1, 0.15) is 46.9 Å². The second-order valence-corrected chi connectivity index (χ2v) is 16.0. The molecule has 0 atom stereocenters. The van der Waals surface area contributed by atoms with E-state index in [4.69, 9.17) is 14.2 Å². The van der Waals surface area contributed by atoms with E-state index >= 15 is 0 Å². The Kier molecular flexibility index (Phi) is 4.76. The number of thiophene rings is 1. The van der Waals surface area contributed by atoms with Crippen molar-refractivity contribution in [3.8, 4) is 11.5 Å². The zero-order valence-corrected chi connectivity index (χ0v) is 20.2. The maximum atomic E-state index is 13.6. The average Bonchev–Trinajstić information content (AvgIpc) is 3.35. The van der Waals surface area contributed by atoms with Gasteiger partial charge in [-0.15, -0.1) is 11.3 Å². The van der Waals surface area contributed by atoms with E-state index in [1.165, 1.54) is 18.3 Å². The number of phenols is 1. The number of phenolic OH excluding ortho intramolecular Hbond substituents is 1. The van der Waals surface area contributed by atoms with E-state index in [1.54, 1.807) is 0 Å². The first-order valence-electron chi connectivity index (χ1n) is 10.6. The highest BCUT2D eigenvalue weighted by atomic mass is 32.1. The molecule has 2 aromatic rings. The average molecular weight is 473 g/mol. The minimum absolute atomic E-state index is 0.0157. The van der Waals surface area contributed by atoms with Crippen LogP contribution in [0.15, 0.2) is 17.2 Å². The van der Waals surface area contributed by atoms with Gasteiger partial charge in [0.25, 0.3) is 0 Å². The van der Waals surface area contributed by atoms with Crippen molar-refractivity contribution in [1.29, 1.82) is 0 Å². The molecule has 1 aromatic carbocycles. The second kappa shape index (κ2) is 7.08. The topological polar surface area (TPSA) is 99.1 Å². The van der Waals surface area contributed by atoms with Crippen molar-refractivity contribution in [3.63, 3.8) is 0 Å². The van der Waals surface area contributed by atoms with Crippen molar-refractivity contribution < 1.29 is 33.7 Å². The number of hydrogen-bond donors (Lipinski definition) is 1. The van der Waals surface area contributed by atoms with Crippen LogP contribution in [0.5, 0.6) is 11.5 Å². The summed E-state index contributed by atoms with van der Waals surface area (Å²) >= 11 is 1.39. The molecule has 0 unspecified atom stereocenters. The number of carbonyl (C=O) groups is 3. The highest BCUT2D eigenvalue weighted by Crippen LogP contribution is 2.50. The first kappa shape index (κ1) is 21.5. The fourth-order valence-corrected chi connectivity index (χ4v) is 7.68. The normalized spacial score (nSPS) is 20.1. The van der Waals surface area contributed by atoms with Gasteiger partial charge in [-0.3, -0.25) is 14.4 Å². The smallest absolute Gasteiger partial charge is 0.308 e. The molecule has 1 N–H and O–H groups in total. The van der Waals surface area contributed by atoms with Crippen LogP contribution >= 0.6 is 11.3 Å². The summed E-state index contributed by atoms with van der Waals surface area (Å²) in [6.45, 7) is 8.64. The Balaban J connectivity index is 1.76. The molecule has 0 radical (unpaired) electrons. The van der Waals surface area contributed by atoms with Crippen LogP contribution in [0.3, 0.4) is 0 Å². The molecule has 3 aliphatic rings. The fraction of sp³-hybridized carbons (Fsp3) is 0.435. The molecule has 1 saturated heterocycles. The van der Waals surface area contributed by atoms with Gasteiger partial charge in [-0.2, -0.15) is 0 Å². The van der Waals surface area contributed by atoms with Crippen LogP contribution in [0.4, 0.5) is 0 Å². The van der Waals surface area contributed by atoms with Gasteiger partial charge in [0, 0.05) is 36.3 Å². The maximum Gasteiger partial charge on any atom is 0.308 e. The van der Waals surface area contributed by atoms with Gasteiger partial charge in [0.15, 0.2) is 23.1 Å². The van der Waals surface area contributed by atoms with Crippen molar-refractivity contribution in [2.45, 2.75) is 51.6 Å². The third kappa shape index (κ3) is 3.10. The molecular weight excluding hydrogens is 448 g/mol. The monoisotopic (exact) mass is 472 g/mol. The van der Waals surface area contributed by atoms with Crippen molar-refractivity contribution in [1.82, 2.24) is 0 Å². The van der Waals surface area contributed by atoms with E-state index in [9.17, 15) is 19.5 Å². The molecule has 5 rings (SSSR count). The van der Waals surface area contributed by atoms with E-state index in [1.807, 2.05) is 6.07 Å². The molecule has 2 heterocycles. The Bertz CT molecular complexity index is 1240. The summed E-state index contributed by atoms with van der Waals surface area (Å²) in [7, 11) is -1.77. The number of benzene rings is 1. The summed E-state index contributed by atoms with van der Waals surface area (Å²) in [4.78, 5) is 39.2. The SMILES string of the molecule is CC(=O)Oc1c2c(c(O)c3sc([Si](C)(C)C)cc13)C(=O)C1=C(CCC3(C1)OCCO3)C2=O. The largest absolute Gasteiger partial charge is 0.506 e. The fourth-order valence-electron chi connectivity index (χ4n) is 4.72. The quantitative estimate of drug-likeness (QED) is 0.404. The third-order valence-electron chi connectivity index (χ3n) is 6.27. The van der Waals surface area contributed by atoms with Crippen molar-refractivity contribution in [3.05, 3.63) is 28.3 Å². The summed E-state index contributed by atoms with van der Waals surface area (Å²) < 4.78 is 18.6. The maximum absolute atomic E-state index is 13.6. The van der Waals surface area contributed by atoms with E-state index in [0.29, 0.717) is 47.3 Å². The Labute approximate surface area is 190 Å². The Morgan fingerprint density at radius 3 is 2.41 bits per heavy atom. The summed E-state index contributed by atoms with van der Waals surface area (Å²) in [5, 5.41) is 11.7. The van der Waals surface area contributed by atoms with Gasteiger partial charge in [0.05, 0.1) is 37.1 Å². The molecule has 32 heavy (non-hydrogen) atoms. The molecule has 7 nitrogen and oxygen atoms in total. The van der Waals surface area contributed by atoms with E-state index < -0.39 is 25.6 Å². The molecule has 168 valence electrons. The lowest BCUT2D eigenvalue weighted by Crippen LogP contribution is -2.38. The Hall–Kier alpha value is -2.33. The predicted molar refractivity (Wildman–Crippen MR) is 122 cm³/mol. The number of carbonyl (C=O) groups excluding carboxylic acids is 3. The summed E-state index contributed by atoms with van der Waals surface area (Å²) in [5.74, 6) is -2.44. The van der Waals surface area contributed by atoms with Crippen LogP contribution in [0.2, 0.25) is 19.6 Å². The minimum Gasteiger partial charge on any atom is -0.506 e. The van der Waals surface area contributed by atoms with Crippen LogP contribution in [-0.2, 0) is 14.3 Å². The van der Waals surface area contributed by atoms with Gasteiger partial charge >= 0.3 is 5.97 Å². The molecule has 2 aliphatic carbocycles. The predicted octanol–water partition coefficient (Wildman–Crippen LogP) is 3.68. The molecule has 0 bridgehead atoms. The number of aromatic hydroxyl groups is 1. The minimum atomic E-state index is -1.77. The Morgan fingerprint density at radius 1 is 1.12 bits per heavy atom. The lowest BCUT2D eigenvalue weighted by Gasteiger charge is -2.35. The zero-order valence-electron chi connectivity index (χ0n) is 18.4. The van der Waals surface area contributed by atoms with Crippen molar-refractivity contribution in [2.75, 3.05) is 13.2 Å².